The third-order valence-corrected chi connectivity index (χ3v) is 2.87. The number of hydrogen-bond donors (Lipinski definition) is 1. The van der Waals surface area contributed by atoms with Crippen molar-refractivity contribution in [2.45, 2.75) is 19.9 Å². The summed E-state index contributed by atoms with van der Waals surface area (Å²) in [5.74, 6) is 0.910. The number of carbonyl (C=O) groups is 1. The van der Waals surface area contributed by atoms with Gasteiger partial charge in [0, 0.05) is 12.3 Å². The lowest BCUT2D eigenvalue weighted by Crippen LogP contribution is -2.20. The minimum Gasteiger partial charge on any atom is -0.368 e. The molecule has 0 aliphatic carbocycles. The molecule has 0 aliphatic rings. The first-order chi connectivity index (χ1) is 8.13. The molecule has 4 nitrogen and oxygen atoms in total. The zero-order chi connectivity index (χ0) is 12.4. The predicted octanol–water partition coefficient (Wildman–Crippen LogP) is 1.61. The Bertz CT molecular complexity index is 562. The molecular formula is C12H14ClN3O. The number of imidazole rings is 1. The number of para-hydroxylation sites is 1. The Morgan fingerprint density at radius 2 is 2.29 bits per heavy atom. The first kappa shape index (κ1) is 11.9. The molecule has 1 heterocycles. The van der Waals surface area contributed by atoms with Crippen LogP contribution in [0.25, 0.3) is 11.0 Å². The van der Waals surface area contributed by atoms with E-state index in [9.17, 15) is 4.79 Å². The number of carbonyl (C=O) groups excluding carboxylic acids is 1. The van der Waals surface area contributed by atoms with Gasteiger partial charge >= 0.3 is 0 Å². The highest BCUT2D eigenvalue weighted by Crippen LogP contribution is 2.20. The van der Waals surface area contributed by atoms with Crippen LogP contribution in [0, 0.1) is 6.92 Å². The molecule has 0 aliphatic heterocycles. The van der Waals surface area contributed by atoms with Crippen LogP contribution < -0.4 is 5.73 Å². The molecule has 2 N–H and O–H groups in total. The van der Waals surface area contributed by atoms with Gasteiger partial charge < -0.3 is 10.3 Å². The van der Waals surface area contributed by atoms with Gasteiger partial charge in [-0.25, -0.2) is 4.98 Å². The minimum absolute atomic E-state index is 0.146. The Balaban J connectivity index is 2.64. The van der Waals surface area contributed by atoms with Crippen molar-refractivity contribution in [3.63, 3.8) is 0 Å². The molecule has 0 fully saturated rings. The average molecular weight is 252 g/mol. The van der Waals surface area contributed by atoms with Crippen LogP contribution >= 0.6 is 11.6 Å². The van der Waals surface area contributed by atoms with Crippen LogP contribution in [0.4, 0.5) is 0 Å². The summed E-state index contributed by atoms with van der Waals surface area (Å²) in [6.45, 7) is 2.14. The third kappa shape index (κ3) is 2.26. The molecule has 90 valence electrons. The third-order valence-electron chi connectivity index (χ3n) is 2.68. The van der Waals surface area contributed by atoms with Gasteiger partial charge in [0.15, 0.2) is 0 Å². The second-order valence-corrected chi connectivity index (χ2v) is 4.34. The van der Waals surface area contributed by atoms with Crippen molar-refractivity contribution in [1.82, 2.24) is 9.55 Å². The van der Waals surface area contributed by atoms with Gasteiger partial charge in [0.25, 0.3) is 0 Å². The molecule has 1 aromatic carbocycles. The van der Waals surface area contributed by atoms with Crippen LogP contribution in [0.15, 0.2) is 18.2 Å². The largest absolute Gasteiger partial charge is 0.368 e. The van der Waals surface area contributed by atoms with Crippen molar-refractivity contribution in [2.75, 3.05) is 5.88 Å². The Hall–Kier alpha value is -1.55. The molecule has 0 atom stereocenters. The van der Waals surface area contributed by atoms with Gasteiger partial charge in [0.05, 0.1) is 11.0 Å². The quantitative estimate of drug-likeness (QED) is 0.840. The highest BCUT2D eigenvalue weighted by molar-refractivity contribution is 6.17. The van der Waals surface area contributed by atoms with Gasteiger partial charge in [-0.05, 0) is 18.6 Å². The SMILES string of the molecule is Cc1cccc2nc(CCCl)n(CC(N)=O)c12. The second-order valence-electron chi connectivity index (χ2n) is 3.96. The average Bonchev–Trinajstić information content (AvgIpc) is 2.58. The van der Waals surface area contributed by atoms with Crippen LogP contribution in [-0.2, 0) is 17.8 Å². The highest BCUT2D eigenvalue weighted by atomic mass is 35.5. The van der Waals surface area contributed by atoms with Crippen LogP contribution in [0.3, 0.4) is 0 Å². The number of halogens is 1. The number of nitrogens with two attached hydrogens (primary N) is 1. The van der Waals surface area contributed by atoms with Gasteiger partial charge in [-0.2, -0.15) is 0 Å². The molecule has 0 unspecified atom stereocenters. The summed E-state index contributed by atoms with van der Waals surface area (Å²) in [6, 6.07) is 5.87. The lowest BCUT2D eigenvalue weighted by molar-refractivity contribution is -0.118. The fourth-order valence-electron chi connectivity index (χ4n) is 2.01. The summed E-state index contributed by atoms with van der Waals surface area (Å²) < 4.78 is 1.86. The second kappa shape index (κ2) is 4.75. The van der Waals surface area contributed by atoms with Crippen molar-refractivity contribution in [1.29, 1.82) is 0 Å². The predicted molar refractivity (Wildman–Crippen MR) is 68.1 cm³/mol. The Labute approximate surface area is 104 Å². The maximum absolute atomic E-state index is 11.1. The fraction of sp³-hybridized carbons (Fsp3) is 0.333. The van der Waals surface area contributed by atoms with Crippen LogP contribution in [0.2, 0.25) is 0 Å². The zero-order valence-corrected chi connectivity index (χ0v) is 10.4. The van der Waals surface area contributed by atoms with Crippen LogP contribution in [0.5, 0.6) is 0 Å². The summed E-state index contributed by atoms with van der Waals surface area (Å²) in [6.07, 6.45) is 0.628. The van der Waals surface area contributed by atoms with Crippen molar-refractivity contribution < 1.29 is 4.79 Å². The maximum Gasteiger partial charge on any atom is 0.237 e. The van der Waals surface area contributed by atoms with E-state index in [1.165, 1.54) is 0 Å². The van der Waals surface area contributed by atoms with Gasteiger partial charge in [-0.1, -0.05) is 12.1 Å². The van der Waals surface area contributed by atoms with Gasteiger partial charge in [0.1, 0.15) is 12.4 Å². The normalized spacial score (nSPS) is 10.9. The Morgan fingerprint density at radius 3 is 2.94 bits per heavy atom. The number of fused-ring (bicyclic) bond motifs is 1. The van der Waals surface area contributed by atoms with E-state index in [4.69, 9.17) is 17.3 Å². The van der Waals surface area contributed by atoms with E-state index in [2.05, 4.69) is 4.98 Å². The molecule has 0 saturated carbocycles. The zero-order valence-electron chi connectivity index (χ0n) is 9.61. The minimum atomic E-state index is -0.372. The molecule has 2 aromatic rings. The lowest BCUT2D eigenvalue weighted by atomic mass is 10.2. The van der Waals surface area contributed by atoms with E-state index in [1.54, 1.807) is 0 Å². The van der Waals surface area contributed by atoms with Crippen molar-refractivity contribution in [3.8, 4) is 0 Å². The molecule has 0 radical (unpaired) electrons. The molecule has 0 spiro atoms. The fourth-order valence-corrected chi connectivity index (χ4v) is 2.18. The van der Waals surface area contributed by atoms with Crippen LogP contribution in [-0.4, -0.2) is 21.3 Å². The maximum atomic E-state index is 11.1. The molecule has 1 aromatic heterocycles. The molecular weight excluding hydrogens is 238 g/mol. The molecule has 1 amide bonds. The number of alkyl halides is 1. The number of rotatable bonds is 4. The Morgan fingerprint density at radius 1 is 1.53 bits per heavy atom. The number of nitrogens with zero attached hydrogens (tertiary/aromatic N) is 2. The number of benzene rings is 1. The van der Waals surface area contributed by atoms with Crippen molar-refractivity contribution in [3.05, 3.63) is 29.6 Å². The number of amides is 1. The van der Waals surface area contributed by atoms with E-state index >= 15 is 0 Å². The Kier molecular flexibility index (Phi) is 3.33. The standard InChI is InChI=1S/C12H14ClN3O/c1-8-3-2-4-9-12(8)16(7-10(14)17)11(15-9)5-6-13/h2-4H,5-7H2,1H3,(H2,14,17). The van der Waals surface area contributed by atoms with Crippen molar-refractivity contribution in [2.24, 2.45) is 5.73 Å². The van der Waals surface area contributed by atoms with E-state index in [-0.39, 0.29) is 12.5 Å². The number of hydrogen-bond acceptors (Lipinski definition) is 2. The summed E-state index contributed by atoms with van der Waals surface area (Å²) in [5, 5.41) is 0. The number of aryl methyl sites for hydroxylation is 2. The van der Waals surface area contributed by atoms with Crippen LogP contribution in [0.1, 0.15) is 11.4 Å². The lowest BCUT2D eigenvalue weighted by Gasteiger charge is -2.07. The van der Waals surface area contributed by atoms with E-state index in [0.29, 0.717) is 12.3 Å². The van der Waals surface area contributed by atoms with Gasteiger partial charge in [0.2, 0.25) is 5.91 Å². The summed E-state index contributed by atoms with van der Waals surface area (Å²) in [7, 11) is 0. The summed E-state index contributed by atoms with van der Waals surface area (Å²) >= 11 is 5.74. The molecule has 0 saturated heterocycles. The first-order valence-electron chi connectivity index (χ1n) is 5.42. The number of aromatic nitrogens is 2. The molecule has 0 bridgehead atoms. The highest BCUT2D eigenvalue weighted by Gasteiger charge is 2.13. The summed E-state index contributed by atoms with van der Waals surface area (Å²) in [5.41, 5.74) is 8.20. The van der Waals surface area contributed by atoms with E-state index in [0.717, 1.165) is 22.4 Å². The van der Waals surface area contributed by atoms with Crippen molar-refractivity contribution >= 4 is 28.5 Å². The topological polar surface area (TPSA) is 60.9 Å². The van der Waals surface area contributed by atoms with Gasteiger partial charge in [-0.15, -0.1) is 11.6 Å². The van der Waals surface area contributed by atoms with E-state index < -0.39 is 0 Å². The van der Waals surface area contributed by atoms with E-state index in [1.807, 2.05) is 29.7 Å². The monoisotopic (exact) mass is 251 g/mol. The number of primary amides is 1. The molecule has 17 heavy (non-hydrogen) atoms. The summed E-state index contributed by atoms with van der Waals surface area (Å²) in [4.78, 5) is 15.6. The first-order valence-corrected chi connectivity index (χ1v) is 5.96. The smallest absolute Gasteiger partial charge is 0.237 e. The molecule has 5 heteroatoms. The van der Waals surface area contributed by atoms with Gasteiger partial charge in [-0.3, -0.25) is 4.79 Å². The molecule has 2 rings (SSSR count).